The Hall–Kier alpha value is -3.21. The van der Waals surface area contributed by atoms with Crippen LogP contribution in [0, 0.1) is 11.3 Å². The summed E-state index contributed by atoms with van der Waals surface area (Å²) in [6, 6.07) is 5.41. The highest BCUT2D eigenvalue weighted by atomic mass is 16.5. The first-order valence-corrected chi connectivity index (χ1v) is 6.95. The zero-order valence-corrected chi connectivity index (χ0v) is 12.5. The third-order valence-corrected chi connectivity index (χ3v) is 3.39. The molecule has 0 bridgehead atoms. The Morgan fingerprint density at radius 2 is 1.87 bits per heavy atom. The van der Waals surface area contributed by atoms with E-state index in [-0.39, 0.29) is 17.3 Å². The molecule has 1 aliphatic heterocycles. The fourth-order valence-corrected chi connectivity index (χ4v) is 2.35. The number of ether oxygens (including phenoxy) is 3. The van der Waals surface area contributed by atoms with E-state index in [1.807, 2.05) is 6.07 Å². The number of hydrogen-bond acceptors (Lipinski definition) is 8. The van der Waals surface area contributed by atoms with E-state index in [4.69, 9.17) is 25.7 Å². The number of fused-ring (bicyclic) bond motifs is 1. The molecule has 0 spiro atoms. The fourth-order valence-electron chi connectivity index (χ4n) is 2.35. The zero-order chi connectivity index (χ0) is 16.4. The fraction of sp³-hybridized carbons (Fsp3) is 0.267. The number of nitrogens with zero attached hydrogens (tertiary/aromatic N) is 3. The Balaban J connectivity index is 2.24. The second-order valence-electron chi connectivity index (χ2n) is 4.85. The number of nitrogens with two attached hydrogens (primary N) is 2. The molecule has 0 aliphatic carbocycles. The number of hydrogen-bond donors (Lipinski definition) is 2. The van der Waals surface area contributed by atoms with E-state index in [9.17, 15) is 5.26 Å². The van der Waals surface area contributed by atoms with Crippen LogP contribution in [-0.2, 0) is 0 Å². The van der Waals surface area contributed by atoms with Crippen LogP contribution in [0.15, 0.2) is 12.1 Å². The second-order valence-corrected chi connectivity index (χ2v) is 4.85. The lowest BCUT2D eigenvalue weighted by Gasteiger charge is -2.15. The van der Waals surface area contributed by atoms with Gasteiger partial charge in [0.1, 0.15) is 23.2 Å². The summed E-state index contributed by atoms with van der Waals surface area (Å²) in [5.41, 5.74) is 12.4. The van der Waals surface area contributed by atoms with Crippen molar-refractivity contribution in [3.05, 3.63) is 17.7 Å². The first-order chi connectivity index (χ1) is 11.1. The predicted octanol–water partition coefficient (Wildman–Crippen LogP) is 1.35. The predicted molar refractivity (Wildman–Crippen MR) is 83.2 cm³/mol. The van der Waals surface area contributed by atoms with Crippen LogP contribution in [0.3, 0.4) is 0 Å². The largest absolute Gasteiger partial charge is 0.496 e. The molecule has 2 aromatic rings. The summed E-state index contributed by atoms with van der Waals surface area (Å²) >= 11 is 0. The summed E-state index contributed by atoms with van der Waals surface area (Å²) < 4.78 is 16.7. The number of methoxy groups -OCH3 is 1. The van der Waals surface area contributed by atoms with Gasteiger partial charge in [0.25, 0.3) is 0 Å². The number of anilines is 2. The third kappa shape index (κ3) is 2.64. The number of benzene rings is 1. The van der Waals surface area contributed by atoms with Crippen molar-refractivity contribution in [2.45, 2.75) is 6.42 Å². The lowest BCUT2D eigenvalue weighted by molar-refractivity contribution is 0.296. The summed E-state index contributed by atoms with van der Waals surface area (Å²) in [6.07, 6.45) is 0.781. The molecule has 118 valence electrons. The Labute approximate surface area is 132 Å². The molecule has 8 heteroatoms. The Morgan fingerprint density at radius 1 is 1.17 bits per heavy atom. The Kier molecular flexibility index (Phi) is 3.76. The maximum atomic E-state index is 9.35. The van der Waals surface area contributed by atoms with Crippen LogP contribution in [0.5, 0.6) is 17.2 Å². The van der Waals surface area contributed by atoms with E-state index in [2.05, 4.69) is 9.97 Å². The minimum atomic E-state index is -0.0225. The van der Waals surface area contributed by atoms with Gasteiger partial charge in [0.15, 0.2) is 11.5 Å². The van der Waals surface area contributed by atoms with Gasteiger partial charge >= 0.3 is 0 Å². The SMILES string of the molecule is COc1cc2c(cc1-c1nc(N)nc(N)c1C#N)OCCCO2. The molecule has 0 atom stereocenters. The number of rotatable bonds is 2. The molecule has 8 nitrogen and oxygen atoms in total. The van der Waals surface area contributed by atoms with Gasteiger partial charge in [0, 0.05) is 18.1 Å². The first-order valence-electron chi connectivity index (χ1n) is 6.95. The average Bonchev–Trinajstić information content (AvgIpc) is 2.77. The van der Waals surface area contributed by atoms with Crippen molar-refractivity contribution in [3.63, 3.8) is 0 Å². The molecule has 1 aliphatic rings. The maximum Gasteiger partial charge on any atom is 0.222 e. The van der Waals surface area contributed by atoms with Gasteiger partial charge < -0.3 is 25.7 Å². The van der Waals surface area contributed by atoms with Crippen molar-refractivity contribution >= 4 is 11.8 Å². The zero-order valence-electron chi connectivity index (χ0n) is 12.5. The summed E-state index contributed by atoms with van der Waals surface area (Å²) in [4.78, 5) is 7.96. The molecule has 23 heavy (non-hydrogen) atoms. The van der Waals surface area contributed by atoms with Gasteiger partial charge in [-0.05, 0) is 6.07 Å². The molecule has 4 N–H and O–H groups in total. The van der Waals surface area contributed by atoms with E-state index in [0.29, 0.717) is 41.7 Å². The average molecular weight is 313 g/mol. The molecule has 3 rings (SSSR count). The van der Waals surface area contributed by atoms with Crippen molar-refractivity contribution in [3.8, 4) is 34.6 Å². The van der Waals surface area contributed by atoms with Crippen molar-refractivity contribution < 1.29 is 14.2 Å². The minimum Gasteiger partial charge on any atom is -0.496 e. The van der Waals surface area contributed by atoms with Gasteiger partial charge in [-0.3, -0.25) is 0 Å². The van der Waals surface area contributed by atoms with Gasteiger partial charge in [-0.15, -0.1) is 0 Å². The van der Waals surface area contributed by atoms with Crippen LogP contribution in [0.2, 0.25) is 0 Å². The minimum absolute atomic E-state index is 0.0177. The highest BCUT2D eigenvalue weighted by Crippen LogP contribution is 2.42. The van der Waals surface area contributed by atoms with Crippen molar-refractivity contribution in [1.82, 2.24) is 9.97 Å². The number of aromatic nitrogens is 2. The number of nitriles is 1. The molecule has 0 fully saturated rings. The van der Waals surface area contributed by atoms with Crippen molar-refractivity contribution in [2.75, 3.05) is 31.8 Å². The van der Waals surface area contributed by atoms with E-state index in [0.717, 1.165) is 6.42 Å². The first kappa shape index (κ1) is 14.7. The molecule has 0 saturated carbocycles. The van der Waals surface area contributed by atoms with Gasteiger partial charge in [-0.25, -0.2) is 4.98 Å². The van der Waals surface area contributed by atoms with E-state index in [1.54, 1.807) is 12.1 Å². The highest BCUT2D eigenvalue weighted by Gasteiger charge is 2.21. The van der Waals surface area contributed by atoms with Gasteiger partial charge in [0.05, 0.1) is 26.0 Å². The van der Waals surface area contributed by atoms with Crippen LogP contribution in [0.25, 0.3) is 11.3 Å². The maximum absolute atomic E-state index is 9.35. The summed E-state index contributed by atoms with van der Waals surface area (Å²) in [6.45, 7) is 1.10. The van der Waals surface area contributed by atoms with Crippen LogP contribution in [-0.4, -0.2) is 30.3 Å². The third-order valence-electron chi connectivity index (χ3n) is 3.39. The second kappa shape index (κ2) is 5.88. The molecule has 0 radical (unpaired) electrons. The lowest BCUT2D eigenvalue weighted by Crippen LogP contribution is -2.06. The van der Waals surface area contributed by atoms with Crippen molar-refractivity contribution in [1.29, 1.82) is 5.26 Å². The summed E-state index contributed by atoms with van der Waals surface area (Å²) in [5, 5.41) is 9.35. The molecule has 0 unspecified atom stereocenters. The molecule has 1 aromatic carbocycles. The van der Waals surface area contributed by atoms with Crippen LogP contribution < -0.4 is 25.7 Å². The molecule has 0 amide bonds. The molecular formula is C15H15N5O3. The normalized spacial score (nSPS) is 13.0. The van der Waals surface area contributed by atoms with Crippen LogP contribution >= 0.6 is 0 Å². The quantitative estimate of drug-likeness (QED) is 0.849. The Morgan fingerprint density at radius 3 is 2.52 bits per heavy atom. The van der Waals surface area contributed by atoms with Crippen molar-refractivity contribution in [2.24, 2.45) is 0 Å². The van der Waals surface area contributed by atoms with E-state index >= 15 is 0 Å². The molecule has 1 aromatic heterocycles. The highest BCUT2D eigenvalue weighted by molar-refractivity contribution is 5.79. The molecule has 0 saturated heterocycles. The summed E-state index contributed by atoms with van der Waals surface area (Å²) in [7, 11) is 1.52. The standard InChI is InChI=1S/C15H15N5O3/c1-21-10-6-12-11(22-3-2-4-23-12)5-8(10)13-9(7-16)14(17)20-15(18)19-13/h5-6H,2-4H2,1H3,(H4,17,18,19,20). The summed E-state index contributed by atoms with van der Waals surface area (Å²) in [5.74, 6) is 1.60. The van der Waals surface area contributed by atoms with Gasteiger partial charge in [-0.2, -0.15) is 10.2 Å². The topological polar surface area (TPSA) is 129 Å². The smallest absolute Gasteiger partial charge is 0.222 e. The lowest BCUT2D eigenvalue weighted by atomic mass is 10.0. The van der Waals surface area contributed by atoms with E-state index in [1.165, 1.54) is 7.11 Å². The number of nitrogen functional groups attached to an aromatic ring is 2. The van der Waals surface area contributed by atoms with Gasteiger partial charge in [-0.1, -0.05) is 0 Å². The van der Waals surface area contributed by atoms with E-state index < -0.39 is 0 Å². The van der Waals surface area contributed by atoms with Gasteiger partial charge in [0.2, 0.25) is 5.95 Å². The van der Waals surface area contributed by atoms with Crippen LogP contribution in [0.4, 0.5) is 11.8 Å². The Bertz CT molecular complexity index is 801. The monoisotopic (exact) mass is 313 g/mol. The molecular weight excluding hydrogens is 298 g/mol. The van der Waals surface area contributed by atoms with Crippen LogP contribution in [0.1, 0.15) is 12.0 Å². The molecule has 2 heterocycles.